The van der Waals surface area contributed by atoms with Crippen LogP contribution < -0.4 is 0 Å². The summed E-state index contributed by atoms with van der Waals surface area (Å²) < 4.78 is 0. The van der Waals surface area contributed by atoms with Gasteiger partial charge in [-0.15, -0.1) is 0 Å². The average molecular weight is 541 g/mol. The summed E-state index contributed by atoms with van der Waals surface area (Å²) in [6, 6.07) is 48.0. The van der Waals surface area contributed by atoms with Gasteiger partial charge < -0.3 is 0 Å². The second-order valence-electron chi connectivity index (χ2n) is 11.0. The van der Waals surface area contributed by atoms with Crippen LogP contribution in [-0.2, 0) is 25.7 Å². The Morgan fingerprint density at radius 2 is 0.786 bits per heavy atom. The largest absolute Gasteiger partial charge is 0.256 e. The van der Waals surface area contributed by atoms with Crippen molar-refractivity contribution in [3.63, 3.8) is 0 Å². The highest BCUT2D eigenvalue weighted by Gasteiger charge is 2.08. The molecule has 2 heterocycles. The third kappa shape index (κ3) is 5.57. The predicted octanol–water partition coefficient (Wildman–Crippen LogP) is 9.69. The molecule has 2 nitrogen and oxygen atoms in total. The molecule has 0 N–H and O–H groups in total. The molecule has 0 radical (unpaired) electrons. The number of aryl methyl sites for hydroxylation is 4. The van der Waals surface area contributed by atoms with Crippen LogP contribution in [0.4, 0.5) is 0 Å². The van der Waals surface area contributed by atoms with Crippen molar-refractivity contribution in [1.82, 2.24) is 9.97 Å². The van der Waals surface area contributed by atoms with Gasteiger partial charge in [-0.2, -0.15) is 0 Å². The van der Waals surface area contributed by atoms with Crippen LogP contribution >= 0.6 is 0 Å². The van der Waals surface area contributed by atoms with Crippen molar-refractivity contribution in [3.8, 4) is 22.5 Å². The molecule has 0 aliphatic carbocycles. The molecule has 0 amide bonds. The van der Waals surface area contributed by atoms with E-state index in [0.717, 1.165) is 37.1 Å². The summed E-state index contributed by atoms with van der Waals surface area (Å²) in [5.74, 6) is 0. The molecule has 5 aromatic carbocycles. The molecular weight excluding hydrogens is 508 g/mol. The monoisotopic (exact) mass is 540 g/mol. The smallest absolute Gasteiger partial charge is 0.0780 e. The topological polar surface area (TPSA) is 25.8 Å². The molecule has 0 aliphatic rings. The van der Waals surface area contributed by atoms with Crippen molar-refractivity contribution in [1.29, 1.82) is 0 Å². The number of hydrogen-bond acceptors (Lipinski definition) is 2. The van der Waals surface area contributed by atoms with Crippen LogP contribution in [0.5, 0.6) is 0 Å². The van der Waals surface area contributed by atoms with E-state index in [1.807, 2.05) is 12.4 Å². The molecule has 0 spiro atoms. The van der Waals surface area contributed by atoms with Gasteiger partial charge in [-0.3, -0.25) is 9.97 Å². The Bertz CT molecular complexity index is 1830. The van der Waals surface area contributed by atoms with Crippen LogP contribution in [0.1, 0.15) is 22.3 Å². The zero-order valence-electron chi connectivity index (χ0n) is 23.6. The van der Waals surface area contributed by atoms with Crippen molar-refractivity contribution in [2.24, 2.45) is 0 Å². The van der Waals surface area contributed by atoms with Gasteiger partial charge in [0.1, 0.15) is 0 Å². The minimum atomic E-state index is 1.01. The highest BCUT2D eigenvalue weighted by Crippen LogP contribution is 2.28. The minimum absolute atomic E-state index is 1.01. The lowest BCUT2D eigenvalue weighted by Crippen LogP contribution is -1.95. The Balaban J connectivity index is 0.995. The standard InChI is InChI=1S/C40H32N2/c1-3-13-37-33(9-1)23-25-41-39(37)35-11-5-7-31(27-35)21-19-29-15-17-30(18-16-29)20-22-32-8-6-12-36(28-32)40-38-14-4-2-10-34(38)24-26-42-40/h1-18,23-28H,19-22H2. The lowest BCUT2D eigenvalue weighted by atomic mass is 9.97. The van der Waals surface area contributed by atoms with E-state index in [9.17, 15) is 0 Å². The fraction of sp³-hybridized carbons (Fsp3) is 0.100. The van der Waals surface area contributed by atoms with E-state index in [-0.39, 0.29) is 0 Å². The highest BCUT2D eigenvalue weighted by molar-refractivity contribution is 5.95. The zero-order chi connectivity index (χ0) is 28.1. The fourth-order valence-corrected chi connectivity index (χ4v) is 5.90. The SMILES string of the molecule is c1cc(CCc2ccc(CCc3cccc(-c4nccc5ccccc45)c3)cc2)cc(-c2nccc3ccccc23)c1. The normalized spacial score (nSPS) is 11.2. The molecule has 0 saturated carbocycles. The first kappa shape index (κ1) is 25.9. The maximum atomic E-state index is 4.71. The number of rotatable bonds is 8. The molecule has 0 atom stereocenters. The van der Waals surface area contributed by atoms with E-state index in [0.29, 0.717) is 0 Å². The lowest BCUT2D eigenvalue weighted by molar-refractivity contribution is 0.940. The molecule has 7 aromatic rings. The Kier molecular flexibility index (Phi) is 7.27. The molecule has 2 heteroatoms. The minimum Gasteiger partial charge on any atom is -0.256 e. The van der Waals surface area contributed by atoms with Crippen molar-refractivity contribution < 1.29 is 0 Å². The van der Waals surface area contributed by atoms with Crippen LogP contribution in [0.3, 0.4) is 0 Å². The molecule has 0 aliphatic heterocycles. The van der Waals surface area contributed by atoms with Gasteiger partial charge in [-0.25, -0.2) is 0 Å². The van der Waals surface area contributed by atoms with E-state index in [1.54, 1.807) is 0 Å². The van der Waals surface area contributed by atoms with Crippen molar-refractivity contribution in [3.05, 3.63) is 168 Å². The summed E-state index contributed by atoms with van der Waals surface area (Å²) in [6.07, 6.45) is 7.87. The van der Waals surface area contributed by atoms with Gasteiger partial charge in [-0.05, 0) is 83.0 Å². The number of pyridine rings is 2. The maximum Gasteiger partial charge on any atom is 0.0780 e. The van der Waals surface area contributed by atoms with Crippen molar-refractivity contribution in [2.75, 3.05) is 0 Å². The van der Waals surface area contributed by atoms with Crippen molar-refractivity contribution in [2.45, 2.75) is 25.7 Å². The molecule has 0 saturated heterocycles. The Hall–Kier alpha value is -5.08. The summed E-state index contributed by atoms with van der Waals surface area (Å²) in [6.45, 7) is 0. The molecule has 7 rings (SSSR count). The van der Waals surface area contributed by atoms with Gasteiger partial charge in [0.25, 0.3) is 0 Å². The molecule has 0 fully saturated rings. The molecule has 2 aromatic heterocycles. The first-order valence-corrected chi connectivity index (χ1v) is 14.7. The average Bonchev–Trinajstić information content (AvgIpc) is 3.06. The third-order valence-corrected chi connectivity index (χ3v) is 8.18. The Morgan fingerprint density at radius 3 is 1.26 bits per heavy atom. The van der Waals surface area contributed by atoms with Crippen LogP contribution in [0, 0.1) is 0 Å². The van der Waals surface area contributed by atoms with Gasteiger partial charge in [0.15, 0.2) is 0 Å². The zero-order valence-corrected chi connectivity index (χ0v) is 23.6. The van der Waals surface area contributed by atoms with Gasteiger partial charge in [0, 0.05) is 34.3 Å². The van der Waals surface area contributed by atoms with E-state index >= 15 is 0 Å². The number of nitrogens with zero attached hydrogens (tertiary/aromatic N) is 2. The van der Waals surface area contributed by atoms with Crippen LogP contribution in [-0.4, -0.2) is 9.97 Å². The number of aromatic nitrogens is 2. The number of hydrogen-bond donors (Lipinski definition) is 0. The second kappa shape index (κ2) is 11.8. The Labute approximate surface area is 247 Å². The van der Waals surface area contributed by atoms with E-state index in [4.69, 9.17) is 9.97 Å². The quantitative estimate of drug-likeness (QED) is 0.192. The van der Waals surface area contributed by atoms with Gasteiger partial charge >= 0.3 is 0 Å². The van der Waals surface area contributed by atoms with E-state index in [2.05, 4.69) is 133 Å². The maximum absolute atomic E-state index is 4.71. The highest BCUT2D eigenvalue weighted by atomic mass is 14.7. The van der Waals surface area contributed by atoms with Crippen molar-refractivity contribution >= 4 is 21.5 Å². The predicted molar refractivity (Wildman–Crippen MR) is 176 cm³/mol. The summed E-state index contributed by atoms with van der Waals surface area (Å²) in [5.41, 5.74) is 9.89. The summed E-state index contributed by atoms with van der Waals surface area (Å²) in [5, 5.41) is 4.85. The second-order valence-corrected chi connectivity index (χ2v) is 11.0. The first-order chi connectivity index (χ1) is 20.8. The molecule has 42 heavy (non-hydrogen) atoms. The van der Waals surface area contributed by atoms with Crippen LogP contribution in [0.25, 0.3) is 44.1 Å². The lowest BCUT2D eigenvalue weighted by Gasteiger charge is -2.09. The van der Waals surface area contributed by atoms with E-state index < -0.39 is 0 Å². The number of benzene rings is 5. The summed E-state index contributed by atoms with van der Waals surface area (Å²) >= 11 is 0. The van der Waals surface area contributed by atoms with E-state index in [1.165, 1.54) is 54.9 Å². The third-order valence-electron chi connectivity index (χ3n) is 8.18. The molecule has 0 unspecified atom stereocenters. The Morgan fingerprint density at radius 1 is 0.357 bits per heavy atom. The van der Waals surface area contributed by atoms with Crippen LogP contribution in [0.2, 0.25) is 0 Å². The summed E-state index contributed by atoms with van der Waals surface area (Å²) in [7, 11) is 0. The van der Waals surface area contributed by atoms with Crippen LogP contribution in [0.15, 0.2) is 146 Å². The molecular formula is C40H32N2. The van der Waals surface area contributed by atoms with Gasteiger partial charge in [0.05, 0.1) is 11.4 Å². The summed E-state index contributed by atoms with van der Waals surface area (Å²) in [4.78, 5) is 9.43. The fourth-order valence-electron chi connectivity index (χ4n) is 5.90. The molecule has 202 valence electrons. The van der Waals surface area contributed by atoms with Gasteiger partial charge in [-0.1, -0.05) is 109 Å². The number of fused-ring (bicyclic) bond motifs is 2. The van der Waals surface area contributed by atoms with Gasteiger partial charge in [0.2, 0.25) is 0 Å². The molecule has 0 bridgehead atoms. The first-order valence-electron chi connectivity index (χ1n) is 14.7.